The summed E-state index contributed by atoms with van der Waals surface area (Å²) >= 11 is 0. The molecule has 0 aromatic carbocycles. The van der Waals surface area contributed by atoms with Gasteiger partial charge in [-0.3, -0.25) is 0 Å². The number of aliphatic hydroxyl groups is 6. The van der Waals surface area contributed by atoms with Crippen molar-refractivity contribution in [3.8, 4) is 0 Å². The quantitative estimate of drug-likeness (QED) is 0.291. The first kappa shape index (κ1) is 18.9. The van der Waals surface area contributed by atoms with Gasteiger partial charge in [0.25, 0.3) is 0 Å². The Hall–Kier alpha value is -0.400. The van der Waals surface area contributed by atoms with Crippen molar-refractivity contribution in [1.29, 1.82) is 0 Å². The van der Waals surface area contributed by atoms with Crippen LogP contribution in [0.25, 0.3) is 0 Å². The van der Waals surface area contributed by atoms with Crippen LogP contribution in [-0.4, -0.2) is 113 Å². The maximum atomic E-state index is 10.1. The molecule has 0 aromatic rings. The number of hydrogen-bond donors (Lipinski definition) is 6. The van der Waals surface area contributed by atoms with Crippen LogP contribution >= 0.6 is 0 Å². The normalized spacial score (nSPS) is 48.4. The van der Waals surface area contributed by atoms with E-state index in [0.29, 0.717) is 0 Å². The van der Waals surface area contributed by atoms with Crippen molar-refractivity contribution < 1.29 is 49.6 Å². The third-order valence-corrected chi connectivity index (χ3v) is 4.14. The SMILES string of the molecule is COC1C(CO)OC(OC2C(CO)OCC(O)C2O)C(O)C1O. The summed E-state index contributed by atoms with van der Waals surface area (Å²) < 4.78 is 21.0. The van der Waals surface area contributed by atoms with E-state index in [9.17, 15) is 30.6 Å². The molecule has 23 heavy (non-hydrogen) atoms. The molecule has 0 aliphatic carbocycles. The van der Waals surface area contributed by atoms with Crippen molar-refractivity contribution >= 4 is 0 Å². The fraction of sp³-hybridized carbons (Fsp3) is 1.00. The molecule has 2 aliphatic heterocycles. The highest BCUT2D eigenvalue weighted by Crippen LogP contribution is 2.28. The Kier molecular flexibility index (Phi) is 6.68. The molecule has 0 aromatic heterocycles. The fourth-order valence-corrected chi connectivity index (χ4v) is 2.79. The average Bonchev–Trinajstić information content (AvgIpc) is 2.55. The highest BCUT2D eigenvalue weighted by atomic mass is 16.7. The molecule has 10 nitrogen and oxygen atoms in total. The minimum atomic E-state index is -1.52. The van der Waals surface area contributed by atoms with Crippen LogP contribution in [0.3, 0.4) is 0 Å². The topological polar surface area (TPSA) is 158 Å². The molecule has 9 atom stereocenters. The van der Waals surface area contributed by atoms with Gasteiger partial charge in [0, 0.05) is 7.11 Å². The van der Waals surface area contributed by atoms with Crippen LogP contribution in [-0.2, 0) is 18.9 Å². The van der Waals surface area contributed by atoms with Gasteiger partial charge < -0.3 is 49.6 Å². The third-order valence-electron chi connectivity index (χ3n) is 4.14. The predicted molar refractivity (Wildman–Crippen MR) is 72.3 cm³/mol. The molecule has 2 aliphatic rings. The molecule has 6 N–H and O–H groups in total. The Morgan fingerprint density at radius 3 is 2.13 bits per heavy atom. The molecular formula is C13H24O10. The van der Waals surface area contributed by atoms with E-state index in [4.69, 9.17) is 18.9 Å². The summed E-state index contributed by atoms with van der Waals surface area (Å²) in [5.74, 6) is 0. The first-order valence-electron chi connectivity index (χ1n) is 7.33. The Morgan fingerprint density at radius 1 is 0.913 bits per heavy atom. The molecule has 0 spiro atoms. The van der Waals surface area contributed by atoms with E-state index in [1.54, 1.807) is 0 Å². The Bertz CT molecular complexity index is 365. The second kappa shape index (κ2) is 8.12. The van der Waals surface area contributed by atoms with Gasteiger partial charge in [0.2, 0.25) is 0 Å². The first-order chi connectivity index (χ1) is 10.9. The Morgan fingerprint density at radius 2 is 1.57 bits per heavy atom. The van der Waals surface area contributed by atoms with Crippen molar-refractivity contribution in [2.24, 2.45) is 0 Å². The zero-order valence-corrected chi connectivity index (χ0v) is 12.6. The summed E-state index contributed by atoms with van der Waals surface area (Å²) in [4.78, 5) is 0. The summed E-state index contributed by atoms with van der Waals surface area (Å²) in [7, 11) is 1.30. The molecule has 0 radical (unpaired) electrons. The van der Waals surface area contributed by atoms with E-state index < -0.39 is 68.3 Å². The van der Waals surface area contributed by atoms with Crippen LogP contribution in [0.4, 0.5) is 0 Å². The van der Waals surface area contributed by atoms with Crippen LogP contribution in [0, 0.1) is 0 Å². The molecule has 0 bridgehead atoms. The van der Waals surface area contributed by atoms with Crippen LogP contribution in [0.5, 0.6) is 0 Å². The minimum absolute atomic E-state index is 0.173. The number of ether oxygens (including phenoxy) is 4. The fourth-order valence-electron chi connectivity index (χ4n) is 2.79. The molecule has 2 rings (SSSR count). The van der Waals surface area contributed by atoms with Gasteiger partial charge in [0.15, 0.2) is 6.29 Å². The standard InChI is InChI=1S/C13H24O10/c1-20-11-7(3-15)22-13(10(19)9(11)18)23-12-6(2-14)21-4-5(16)8(12)17/h5-19H,2-4H2,1H3. The van der Waals surface area contributed by atoms with E-state index >= 15 is 0 Å². The van der Waals surface area contributed by atoms with E-state index in [1.165, 1.54) is 7.11 Å². The first-order valence-corrected chi connectivity index (χ1v) is 7.33. The number of rotatable bonds is 5. The van der Waals surface area contributed by atoms with Crippen molar-refractivity contribution in [3.05, 3.63) is 0 Å². The smallest absolute Gasteiger partial charge is 0.187 e. The van der Waals surface area contributed by atoms with Crippen molar-refractivity contribution in [3.63, 3.8) is 0 Å². The summed E-state index contributed by atoms with van der Waals surface area (Å²) in [5.41, 5.74) is 0. The van der Waals surface area contributed by atoms with Crippen LogP contribution in [0.15, 0.2) is 0 Å². The van der Waals surface area contributed by atoms with Crippen molar-refractivity contribution in [2.75, 3.05) is 26.9 Å². The van der Waals surface area contributed by atoms with E-state index in [2.05, 4.69) is 0 Å². The van der Waals surface area contributed by atoms with Gasteiger partial charge in [-0.15, -0.1) is 0 Å². The predicted octanol–water partition coefficient (Wildman–Crippen LogP) is -4.06. The minimum Gasteiger partial charge on any atom is -0.394 e. The Labute approximate surface area is 132 Å². The van der Waals surface area contributed by atoms with Crippen LogP contribution < -0.4 is 0 Å². The van der Waals surface area contributed by atoms with Gasteiger partial charge in [-0.25, -0.2) is 0 Å². The molecule has 9 unspecified atom stereocenters. The highest BCUT2D eigenvalue weighted by molar-refractivity contribution is 4.93. The number of methoxy groups -OCH3 is 1. The second-order valence-electron chi connectivity index (χ2n) is 5.62. The van der Waals surface area contributed by atoms with Crippen molar-refractivity contribution in [2.45, 2.75) is 55.1 Å². The van der Waals surface area contributed by atoms with Gasteiger partial charge >= 0.3 is 0 Å². The van der Waals surface area contributed by atoms with E-state index in [1.807, 2.05) is 0 Å². The highest BCUT2D eigenvalue weighted by Gasteiger charge is 2.48. The molecule has 136 valence electrons. The lowest BCUT2D eigenvalue weighted by molar-refractivity contribution is -0.338. The number of hydrogen-bond acceptors (Lipinski definition) is 10. The van der Waals surface area contributed by atoms with E-state index in [-0.39, 0.29) is 6.61 Å². The van der Waals surface area contributed by atoms with Gasteiger partial charge in [0.1, 0.15) is 48.8 Å². The maximum absolute atomic E-state index is 10.1. The lowest BCUT2D eigenvalue weighted by atomic mass is 9.97. The third kappa shape index (κ3) is 3.82. The lowest BCUT2D eigenvalue weighted by Crippen LogP contribution is -2.63. The summed E-state index contributed by atoms with van der Waals surface area (Å²) in [6, 6.07) is 0. The van der Waals surface area contributed by atoms with Gasteiger partial charge in [0.05, 0.1) is 19.8 Å². The maximum Gasteiger partial charge on any atom is 0.187 e. The van der Waals surface area contributed by atoms with Gasteiger partial charge in [-0.05, 0) is 0 Å². The lowest BCUT2D eigenvalue weighted by Gasteiger charge is -2.45. The molecular weight excluding hydrogens is 316 g/mol. The molecule has 2 heterocycles. The number of aliphatic hydroxyl groups excluding tert-OH is 6. The average molecular weight is 340 g/mol. The second-order valence-corrected chi connectivity index (χ2v) is 5.62. The Balaban J connectivity index is 2.10. The largest absolute Gasteiger partial charge is 0.394 e. The van der Waals surface area contributed by atoms with E-state index in [0.717, 1.165) is 0 Å². The molecule has 0 amide bonds. The molecule has 2 fully saturated rings. The summed E-state index contributed by atoms with van der Waals surface area (Å²) in [6.07, 6.45) is -11.0. The van der Waals surface area contributed by atoms with Crippen molar-refractivity contribution in [1.82, 2.24) is 0 Å². The molecule has 2 saturated heterocycles. The molecule has 10 heteroatoms. The van der Waals surface area contributed by atoms with Gasteiger partial charge in [-0.1, -0.05) is 0 Å². The van der Waals surface area contributed by atoms with Crippen LogP contribution in [0.1, 0.15) is 0 Å². The monoisotopic (exact) mass is 340 g/mol. The summed E-state index contributed by atoms with van der Waals surface area (Å²) in [6.45, 7) is -1.14. The summed E-state index contributed by atoms with van der Waals surface area (Å²) in [5, 5.41) is 58.4. The zero-order valence-electron chi connectivity index (χ0n) is 12.6. The van der Waals surface area contributed by atoms with Gasteiger partial charge in [-0.2, -0.15) is 0 Å². The van der Waals surface area contributed by atoms with Crippen LogP contribution in [0.2, 0.25) is 0 Å². The zero-order chi connectivity index (χ0) is 17.1. The molecule has 0 saturated carbocycles.